The van der Waals surface area contributed by atoms with Crippen LogP contribution >= 0.6 is 0 Å². The van der Waals surface area contributed by atoms with Crippen LogP contribution in [0.3, 0.4) is 0 Å². The Morgan fingerprint density at radius 3 is 3.08 bits per heavy atom. The lowest BCUT2D eigenvalue weighted by molar-refractivity contribution is 0.740. The summed E-state index contributed by atoms with van der Waals surface area (Å²) in [5.74, 6) is 0. The minimum atomic E-state index is -0.0000926. The lowest BCUT2D eigenvalue weighted by Gasteiger charge is -2.21. The van der Waals surface area contributed by atoms with Crippen molar-refractivity contribution in [3.8, 4) is 6.07 Å². The molecular formula is C10H10N2. The van der Waals surface area contributed by atoms with Crippen molar-refractivity contribution < 1.29 is 0 Å². The van der Waals surface area contributed by atoms with Gasteiger partial charge in [0.2, 0.25) is 0 Å². The number of para-hydroxylation sites is 1. The van der Waals surface area contributed by atoms with Gasteiger partial charge >= 0.3 is 0 Å². The first-order valence-corrected chi connectivity index (χ1v) is 4.14. The molecule has 60 valence electrons. The van der Waals surface area contributed by atoms with Gasteiger partial charge < -0.3 is 5.32 Å². The second kappa shape index (κ2) is 2.86. The van der Waals surface area contributed by atoms with E-state index in [-0.39, 0.29) is 6.04 Å². The van der Waals surface area contributed by atoms with Crippen LogP contribution in [0.1, 0.15) is 12.0 Å². The quantitative estimate of drug-likeness (QED) is 0.626. The summed E-state index contributed by atoms with van der Waals surface area (Å²) in [6.45, 7) is 0. The molecule has 1 atom stereocenters. The molecule has 12 heavy (non-hydrogen) atoms. The Labute approximate surface area is 71.8 Å². The maximum Gasteiger partial charge on any atom is 0.114 e. The predicted octanol–water partition coefficient (Wildman–Crippen LogP) is 1.94. The molecule has 0 saturated carbocycles. The molecule has 1 unspecified atom stereocenters. The smallest absolute Gasteiger partial charge is 0.114 e. The van der Waals surface area contributed by atoms with Crippen molar-refractivity contribution in [2.45, 2.75) is 18.9 Å². The van der Waals surface area contributed by atoms with Crippen molar-refractivity contribution in [1.82, 2.24) is 0 Å². The maximum absolute atomic E-state index is 8.70. The molecule has 0 spiro atoms. The van der Waals surface area contributed by atoms with E-state index in [4.69, 9.17) is 5.26 Å². The molecule has 1 heterocycles. The average molecular weight is 158 g/mol. The summed E-state index contributed by atoms with van der Waals surface area (Å²) in [7, 11) is 0. The first-order chi connectivity index (χ1) is 5.90. The Kier molecular flexibility index (Phi) is 1.71. The summed E-state index contributed by atoms with van der Waals surface area (Å²) in [5.41, 5.74) is 2.44. The molecule has 1 aliphatic rings. The van der Waals surface area contributed by atoms with E-state index in [1.165, 1.54) is 5.56 Å². The number of rotatable bonds is 0. The van der Waals surface area contributed by atoms with Gasteiger partial charge in [0.1, 0.15) is 6.04 Å². The van der Waals surface area contributed by atoms with Crippen LogP contribution in [0.4, 0.5) is 5.69 Å². The molecule has 0 saturated heterocycles. The molecule has 1 aromatic rings. The highest BCUT2D eigenvalue weighted by Crippen LogP contribution is 2.23. The van der Waals surface area contributed by atoms with Gasteiger partial charge in [-0.05, 0) is 24.5 Å². The topological polar surface area (TPSA) is 35.8 Å². The van der Waals surface area contributed by atoms with Crippen molar-refractivity contribution in [3.05, 3.63) is 29.8 Å². The number of benzene rings is 1. The third-order valence-corrected chi connectivity index (χ3v) is 2.21. The lowest BCUT2D eigenvalue weighted by Crippen LogP contribution is -2.23. The molecule has 2 nitrogen and oxygen atoms in total. The molecule has 0 aliphatic carbocycles. The molecule has 2 rings (SSSR count). The Bertz CT molecular complexity index is 325. The van der Waals surface area contributed by atoms with Gasteiger partial charge in [-0.3, -0.25) is 0 Å². The molecule has 1 aromatic carbocycles. The number of hydrogen-bond donors (Lipinski definition) is 1. The summed E-state index contributed by atoms with van der Waals surface area (Å²) in [5, 5.41) is 11.9. The average Bonchev–Trinajstić information content (AvgIpc) is 2.17. The largest absolute Gasteiger partial charge is 0.370 e. The van der Waals surface area contributed by atoms with E-state index in [0.29, 0.717) is 0 Å². The van der Waals surface area contributed by atoms with Gasteiger partial charge in [0.05, 0.1) is 6.07 Å². The van der Waals surface area contributed by atoms with Crippen LogP contribution in [0.5, 0.6) is 0 Å². The monoisotopic (exact) mass is 158 g/mol. The molecule has 1 aliphatic heterocycles. The molecule has 0 radical (unpaired) electrons. The highest BCUT2D eigenvalue weighted by Gasteiger charge is 2.15. The van der Waals surface area contributed by atoms with Crippen LogP contribution in [-0.2, 0) is 6.42 Å². The Hall–Kier alpha value is -1.49. The van der Waals surface area contributed by atoms with E-state index in [9.17, 15) is 0 Å². The van der Waals surface area contributed by atoms with Crippen LogP contribution in [0.25, 0.3) is 0 Å². The second-order valence-electron chi connectivity index (χ2n) is 3.02. The molecule has 0 fully saturated rings. The number of anilines is 1. The lowest BCUT2D eigenvalue weighted by atomic mass is 9.99. The van der Waals surface area contributed by atoms with E-state index in [1.54, 1.807) is 0 Å². The number of hydrogen-bond acceptors (Lipinski definition) is 2. The van der Waals surface area contributed by atoms with Gasteiger partial charge in [-0.2, -0.15) is 5.26 Å². The molecule has 0 aromatic heterocycles. The van der Waals surface area contributed by atoms with Gasteiger partial charge in [0, 0.05) is 5.69 Å². The third-order valence-electron chi connectivity index (χ3n) is 2.21. The van der Waals surface area contributed by atoms with E-state index >= 15 is 0 Å². The number of aryl methyl sites for hydroxylation is 1. The fourth-order valence-electron chi connectivity index (χ4n) is 1.54. The molecule has 2 heteroatoms. The van der Waals surface area contributed by atoms with Gasteiger partial charge in [-0.15, -0.1) is 0 Å². The van der Waals surface area contributed by atoms with Crippen LogP contribution in [0.2, 0.25) is 0 Å². The van der Waals surface area contributed by atoms with Gasteiger partial charge in [-0.1, -0.05) is 18.2 Å². The summed E-state index contributed by atoms with van der Waals surface area (Å²) in [6, 6.07) is 10.4. The summed E-state index contributed by atoms with van der Waals surface area (Å²) in [4.78, 5) is 0. The van der Waals surface area contributed by atoms with Crippen LogP contribution in [0.15, 0.2) is 24.3 Å². The number of nitriles is 1. The highest BCUT2D eigenvalue weighted by molar-refractivity contribution is 5.54. The second-order valence-corrected chi connectivity index (χ2v) is 3.02. The Morgan fingerprint density at radius 1 is 1.42 bits per heavy atom. The number of nitrogens with zero attached hydrogens (tertiary/aromatic N) is 1. The minimum Gasteiger partial charge on any atom is -0.370 e. The van der Waals surface area contributed by atoms with Crippen LogP contribution in [-0.4, -0.2) is 6.04 Å². The van der Waals surface area contributed by atoms with Gasteiger partial charge in [0.25, 0.3) is 0 Å². The summed E-state index contributed by atoms with van der Waals surface area (Å²) < 4.78 is 0. The Morgan fingerprint density at radius 2 is 2.25 bits per heavy atom. The Balaban J connectivity index is 2.30. The number of fused-ring (bicyclic) bond motifs is 1. The van der Waals surface area contributed by atoms with Crippen LogP contribution in [0, 0.1) is 11.3 Å². The maximum atomic E-state index is 8.70. The minimum absolute atomic E-state index is 0.0000926. The van der Waals surface area contributed by atoms with Gasteiger partial charge in [-0.25, -0.2) is 0 Å². The summed E-state index contributed by atoms with van der Waals surface area (Å²) in [6.07, 6.45) is 1.94. The van der Waals surface area contributed by atoms with E-state index in [2.05, 4.69) is 17.5 Å². The molecule has 1 N–H and O–H groups in total. The van der Waals surface area contributed by atoms with Crippen molar-refractivity contribution in [1.29, 1.82) is 5.26 Å². The molecule has 0 bridgehead atoms. The van der Waals surface area contributed by atoms with Crippen molar-refractivity contribution >= 4 is 5.69 Å². The van der Waals surface area contributed by atoms with E-state index < -0.39 is 0 Å². The fraction of sp³-hybridized carbons (Fsp3) is 0.300. The standard InChI is InChI=1S/C10H10N2/c11-7-9-6-5-8-3-1-2-4-10(8)12-9/h1-4,9,12H,5-6H2. The zero-order valence-electron chi connectivity index (χ0n) is 6.75. The zero-order chi connectivity index (χ0) is 8.39. The third kappa shape index (κ3) is 1.14. The van der Waals surface area contributed by atoms with Crippen molar-refractivity contribution in [3.63, 3.8) is 0 Å². The van der Waals surface area contributed by atoms with E-state index in [0.717, 1.165) is 18.5 Å². The highest BCUT2D eigenvalue weighted by atomic mass is 14.9. The molecule has 0 amide bonds. The van der Waals surface area contributed by atoms with Crippen molar-refractivity contribution in [2.75, 3.05) is 5.32 Å². The van der Waals surface area contributed by atoms with Crippen LogP contribution < -0.4 is 5.32 Å². The first kappa shape index (κ1) is 7.17. The predicted molar refractivity (Wildman–Crippen MR) is 47.8 cm³/mol. The van der Waals surface area contributed by atoms with Crippen molar-refractivity contribution in [2.24, 2.45) is 0 Å². The fourth-order valence-corrected chi connectivity index (χ4v) is 1.54. The summed E-state index contributed by atoms with van der Waals surface area (Å²) >= 11 is 0. The van der Waals surface area contributed by atoms with Gasteiger partial charge in [0.15, 0.2) is 0 Å². The SMILES string of the molecule is N#CC1CCc2ccccc2N1. The zero-order valence-corrected chi connectivity index (χ0v) is 6.75. The van der Waals surface area contributed by atoms with E-state index in [1.807, 2.05) is 18.2 Å². The normalized spacial score (nSPS) is 20.4. The molecular weight excluding hydrogens is 148 g/mol. The first-order valence-electron chi connectivity index (χ1n) is 4.14. The number of nitrogens with one attached hydrogen (secondary N) is 1.